The Bertz CT molecular complexity index is 1080. The van der Waals surface area contributed by atoms with E-state index in [0.717, 1.165) is 35.5 Å². The SMILES string of the molecule is CCOc1ccc2ccccc2c1C(=O)NCCNc1cc(N2CCOCC2)nc(C)n1. The maximum atomic E-state index is 13.0. The monoisotopic (exact) mass is 435 g/mol. The van der Waals surface area contributed by atoms with E-state index in [9.17, 15) is 4.79 Å². The Balaban J connectivity index is 1.40. The first-order valence-corrected chi connectivity index (χ1v) is 11.0. The van der Waals surface area contributed by atoms with Gasteiger partial charge < -0.3 is 25.0 Å². The highest BCUT2D eigenvalue weighted by atomic mass is 16.5. The summed E-state index contributed by atoms with van der Waals surface area (Å²) in [7, 11) is 0. The topological polar surface area (TPSA) is 88.6 Å². The van der Waals surface area contributed by atoms with E-state index in [-0.39, 0.29) is 5.91 Å². The molecule has 32 heavy (non-hydrogen) atoms. The van der Waals surface area contributed by atoms with E-state index in [1.165, 1.54) is 0 Å². The van der Waals surface area contributed by atoms with Crippen molar-refractivity contribution in [1.29, 1.82) is 0 Å². The third-order valence-electron chi connectivity index (χ3n) is 5.29. The number of nitrogens with one attached hydrogen (secondary N) is 2. The van der Waals surface area contributed by atoms with Crippen LogP contribution in [0.4, 0.5) is 11.6 Å². The Morgan fingerprint density at radius 1 is 1.12 bits per heavy atom. The normalized spacial score (nSPS) is 13.8. The van der Waals surface area contributed by atoms with Crippen LogP contribution in [-0.2, 0) is 4.74 Å². The van der Waals surface area contributed by atoms with Crippen LogP contribution in [0.3, 0.4) is 0 Å². The zero-order valence-corrected chi connectivity index (χ0v) is 18.6. The smallest absolute Gasteiger partial charge is 0.255 e. The molecule has 1 saturated heterocycles. The van der Waals surface area contributed by atoms with Crippen LogP contribution in [0.1, 0.15) is 23.1 Å². The zero-order chi connectivity index (χ0) is 22.3. The van der Waals surface area contributed by atoms with Gasteiger partial charge in [-0.05, 0) is 30.7 Å². The lowest BCUT2D eigenvalue weighted by Gasteiger charge is -2.28. The first kappa shape index (κ1) is 21.8. The number of hydrogen-bond acceptors (Lipinski definition) is 7. The number of fused-ring (bicyclic) bond motifs is 1. The molecule has 8 heteroatoms. The van der Waals surface area contributed by atoms with E-state index in [1.807, 2.05) is 56.3 Å². The Kier molecular flexibility index (Phi) is 7.01. The fourth-order valence-electron chi connectivity index (χ4n) is 3.81. The second kappa shape index (κ2) is 10.3. The van der Waals surface area contributed by atoms with Crippen molar-refractivity contribution in [3.05, 3.63) is 53.9 Å². The van der Waals surface area contributed by atoms with E-state index in [1.54, 1.807) is 0 Å². The minimum atomic E-state index is -0.153. The summed E-state index contributed by atoms with van der Waals surface area (Å²) in [6, 6.07) is 13.6. The first-order valence-electron chi connectivity index (χ1n) is 11.0. The summed E-state index contributed by atoms with van der Waals surface area (Å²) >= 11 is 0. The number of amides is 1. The van der Waals surface area contributed by atoms with Gasteiger partial charge in [-0.2, -0.15) is 0 Å². The minimum absolute atomic E-state index is 0.153. The van der Waals surface area contributed by atoms with Crippen molar-refractivity contribution in [2.75, 3.05) is 56.2 Å². The fraction of sp³-hybridized carbons (Fsp3) is 0.375. The highest BCUT2D eigenvalue weighted by molar-refractivity contribution is 6.09. The van der Waals surface area contributed by atoms with Gasteiger partial charge in [0.1, 0.15) is 23.2 Å². The summed E-state index contributed by atoms with van der Waals surface area (Å²) in [6.45, 7) is 8.33. The molecule has 1 fully saturated rings. The Labute approximate surface area is 188 Å². The van der Waals surface area contributed by atoms with Gasteiger partial charge in [0.2, 0.25) is 0 Å². The molecule has 0 saturated carbocycles. The second-order valence-corrected chi connectivity index (χ2v) is 7.53. The summed E-state index contributed by atoms with van der Waals surface area (Å²) in [4.78, 5) is 24.2. The molecule has 1 aliphatic heterocycles. The van der Waals surface area contributed by atoms with Crippen LogP contribution in [-0.4, -0.2) is 61.9 Å². The largest absolute Gasteiger partial charge is 0.493 e. The number of morpholine rings is 1. The zero-order valence-electron chi connectivity index (χ0n) is 18.6. The number of aryl methyl sites for hydroxylation is 1. The van der Waals surface area contributed by atoms with E-state index in [0.29, 0.717) is 50.0 Å². The third kappa shape index (κ3) is 5.08. The molecule has 2 aromatic carbocycles. The molecule has 3 aromatic rings. The molecule has 1 amide bonds. The summed E-state index contributed by atoms with van der Waals surface area (Å²) < 4.78 is 11.1. The van der Waals surface area contributed by atoms with Gasteiger partial charge in [0, 0.05) is 32.2 Å². The average Bonchev–Trinajstić information content (AvgIpc) is 2.82. The summed E-state index contributed by atoms with van der Waals surface area (Å²) in [5.41, 5.74) is 0.567. The summed E-state index contributed by atoms with van der Waals surface area (Å²) in [5, 5.41) is 8.18. The van der Waals surface area contributed by atoms with Gasteiger partial charge in [0.25, 0.3) is 5.91 Å². The standard InChI is InChI=1S/C24H29N5O3/c1-3-32-20-9-8-18-6-4-5-7-19(18)23(20)24(30)26-11-10-25-21-16-22(28-17(2)27-21)29-12-14-31-15-13-29/h4-9,16H,3,10-15H2,1-2H3,(H,26,30)(H,25,27,28). The van der Waals surface area contributed by atoms with Gasteiger partial charge >= 0.3 is 0 Å². The highest BCUT2D eigenvalue weighted by Gasteiger charge is 2.17. The van der Waals surface area contributed by atoms with Crippen LogP contribution in [0.15, 0.2) is 42.5 Å². The van der Waals surface area contributed by atoms with Crippen LogP contribution < -0.4 is 20.3 Å². The molecule has 168 valence electrons. The number of hydrogen-bond donors (Lipinski definition) is 2. The molecule has 0 unspecified atom stereocenters. The van der Waals surface area contributed by atoms with Crippen molar-refractivity contribution in [3.8, 4) is 5.75 Å². The molecule has 0 spiro atoms. The molecule has 4 rings (SSSR count). The molecule has 2 heterocycles. The first-order chi connectivity index (χ1) is 15.7. The van der Waals surface area contributed by atoms with Crippen LogP contribution >= 0.6 is 0 Å². The van der Waals surface area contributed by atoms with Gasteiger partial charge in [-0.1, -0.05) is 30.3 Å². The number of aromatic nitrogens is 2. The van der Waals surface area contributed by atoms with Crippen LogP contribution in [0.25, 0.3) is 10.8 Å². The van der Waals surface area contributed by atoms with E-state index in [2.05, 4.69) is 25.5 Å². The third-order valence-corrected chi connectivity index (χ3v) is 5.29. The average molecular weight is 436 g/mol. The maximum Gasteiger partial charge on any atom is 0.255 e. The lowest BCUT2D eigenvalue weighted by molar-refractivity contribution is 0.0953. The van der Waals surface area contributed by atoms with E-state index in [4.69, 9.17) is 9.47 Å². The van der Waals surface area contributed by atoms with E-state index < -0.39 is 0 Å². The Morgan fingerprint density at radius 2 is 1.94 bits per heavy atom. The Hall–Kier alpha value is -3.39. The molecule has 2 N–H and O–H groups in total. The summed E-state index contributed by atoms with van der Waals surface area (Å²) in [5.74, 6) is 2.79. The molecule has 0 radical (unpaired) electrons. The van der Waals surface area contributed by atoms with Crippen molar-refractivity contribution in [2.24, 2.45) is 0 Å². The van der Waals surface area contributed by atoms with Crippen molar-refractivity contribution in [1.82, 2.24) is 15.3 Å². The van der Waals surface area contributed by atoms with Crippen LogP contribution in [0.5, 0.6) is 5.75 Å². The molecule has 1 aromatic heterocycles. The molecule has 0 atom stereocenters. The van der Waals surface area contributed by atoms with Crippen molar-refractivity contribution in [3.63, 3.8) is 0 Å². The lowest BCUT2D eigenvalue weighted by Crippen LogP contribution is -2.37. The lowest BCUT2D eigenvalue weighted by atomic mass is 10.0. The maximum absolute atomic E-state index is 13.0. The number of nitrogens with zero attached hydrogens (tertiary/aromatic N) is 3. The predicted molar refractivity (Wildman–Crippen MR) is 126 cm³/mol. The van der Waals surface area contributed by atoms with Crippen molar-refractivity contribution in [2.45, 2.75) is 13.8 Å². The van der Waals surface area contributed by atoms with Gasteiger partial charge in [0.05, 0.1) is 25.4 Å². The summed E-state index contributed by atoms with van der Waals surface area (Å²) in [6.07, 6.45) is 0. The number of ether oxygens (including phenoxy) is 2. The molecule has 8 nitrogen and oxygen atoms in total. The number of carbonyl (C=O) groups excluding carboxylic acids is 1. The Morgan fingerprint density at radius 3 is 2.75 bits per heavy atom. The highest BCUT2D eigenvalue weighted by Crippen LogP contribution is 2.28. The number of anilines is 2. The van der Waals surface area contributed by atoms with Gasteiger partial charge in [-0.25, -0.2) is 9.97 Å². The molecule has 0 bridgehead atoms. The van der Waals surface area contributed by atoms with Crippen LogP contribution in [0.2, 0.25) is 0 Å². The number of benzene rings is 2. The van der Waals surface area contributed by atoms with Gasteiger partial charge in [-0.3, -0.25) is 4.79 Å². The second-order valence-electron chi connectivity index (χ2n) is 7.53. The molecular weight excluding hydrogens is 406 g/mol. The van der Waals surface area contributed by atoms with Crippen molar-refractivity contribution < 1.29 is 14.3 Å². The molecular formula is C24H29N5O3. The number of rotatable bonds is 8. The van der Waals surface area contributed by atoms with Gasteiger partial charge in [0.15, 0.2) is 0 Å². The van der Waals surface area contributed by atoms with E-state index >= 15 is 0 Å². The van der Waals surface area contributed by atoms with Crippen molar-refractivity contribution >= 4 is 28.3 Å². The quantitative estimate of drug-likeness (QED) is 0.526. The number of carbonyl (C=O) groups is 1. The molecule has 1 aliphatic rings. The minimum Gasteiger partial charge on any atom is -0.493 e. The van der Waals surface area contributed by atoms with Gasteiger partial charge in [-0.15, -0.1) is 0 Å². The fourth-order valence-corrected chi connectivity index (χ4v) is 3.81. The molecule has 0 aliphatic carbocycles. The van der Waals surface area contributed by atoms with Crippen LogP contribution in [0, 0.1) is 6.92 Å². The predicted octanol–water partition coefficient (Wildman–Crippen LogP) is 3.02.